The lowest BCUT2D eigenvalue weighted by molar-refractivity contribution is 0.626. The lowest BCUT2D eigenvalue weighted by Crippen LogP contribution is -2.28. The van der Waals surface area contributed by atoms with Crippen molar-refractivity contribution in [2.75, 3.05) is 0 Å². The molecular weight excluding hydrogens is 345 g/mol. The molecule has 0 spiro atoms. The zero-order valence-corrected chi connectivity index (χ0v) is 15.0. The lowest BCUT2D eigenvalue weighted by atomic mass is 9.80. The van der Waals surface area contributed by atoms with Crippen molar-refractivity contribution in [1.29, 1.82) is 0 Å². The molecule has 3 nitrogen and oxygen atoms in total. The number of aliphatic imine (C=N–C) groups is 1. The first-order valence-electron chi connectivity index (χ1n) is 7.42. The molecule has 6 heteroatoms. The quantitative estimate of drug-likeness (QED) is 0.649. The lowest BCUT2D eigenvalue weighted by Gasteiger charge is -2.26. The fraction of sp³-hybridized carbons (Fsp3) is 0.278. The molecule has 122 valence electrons. The first-order valence-corrected chi connectivity index (χ1v) is 8.68. The Kier molecular flexibility index (Phi) is 4.53. The second kappa shape index (κ2) is 6.46. The monoisotopic (exact) mass is 359 g/mol. The van der Waals surface area contributed by atoms with Gasteiger partial charge in [0.1, 0.15) is 10.8 Å². The number of hydrogen-bond acceptors (Lipinski definition) is 3. The summed E-state index contributed by atoms with van der Waals surface area (Å²) in [7, 11) is 0. The molecule has 0 fully saturated rings. The topological polar surface area (TPSA) is 29.6 Å². The van der Waals surface area contributed by atoms with Crippen LogP contribution in [-0.4, -0.2) is 16.7 Å². The summed E-state index contributed by atoms with van der Waals surface area (Å²) in [4.78, 5) is 12.9. The Balaban J connectivity index is 2.25. The van der Waals surface area contributed by atoms with Gasteiger partial charge in [-0.05, 0) is 38.5 Å². The van der Waals surface area contributed by atoms with Crippen LogP contribution in [0.4, 0.5) is 4.39 Å². The number of allylic oxidation sites excluding steroid dienone is 1. The minimum Gasteiger partial charge on any atom is -0.306 e. The van der Waals surface area contributed by atoms with E-state index in [4.69, 9.17) is 18.2 Å². The third-order valence-corrected chi connectivity index (χ3v) is 5.40. The van der Waals surface area contributed by atoms with Crippen molar-refractivity contribution in [3.05, 3.63) is 67.8 Å². The first-order chi connectivity index (χ1) is 11.4. The number of aromatic nitrogens is 1. The average Bonchev–Trinajstić information content (AvgIpc) is 2.93. The molecule has 2 aromatic rings. The minimum atomic E-state index is -0.476. The summed E-state index contributed by atoms with van der Waals surface area (Å²) in [6.07, 6.45) is 0. The molecule has 1 aromatic heterocycles. The number of benzene rings is 1. The Labute approximate surface area is 149 Å². The minimum absolute atomic E-state index is 0.307. The van der Waals surface area contributed by atoms with Gasteiger partial charge in [-0.25, -0.2) is 15.9 Å². The average molecular weight is 360 g/mol. The third-order valence-electron chi connectivity index (χ3n) is 4.07. The summed E-state index contributed by atoms with van der Waals surface area (Å²) >= 11 is 7.84. The van der Waals surface area contributed by atoms with Gasteiger partial charge in [-0.1, -0.05) is 17.7 Å². The van der Waals surface area contributed by atoms with Gasteiger partial charge in [0.2, 0.25) is 0 Å². The van der Waals surface area contributed by atoms with Crippen molar-refractivity contribution in [3.8, 4) is 0 Å². The molecule has 1 aliphatic rings. The second-order valence-electron chi connectivity index (χ2n) is 5.76. The van der Waals surface area contributed by atoms with Crippen molar-refractivity contribution in [2.24, 2.45) is 4.99 Å². The van der Waals surface area contributed by atoms with Crippen LogP contribution in [0, 0.1) is 19.3 Å². The molecule has 0 aliphatic carbocycles. The fourth-order valence-corrected chi connectivity index (χ4v) is 4.25. The van der Waals surface area contributed by atoms with Crippen LogP contribution in [0.25, 0.3) is 10.4 Å². The van der Waals surface area contributed by atoms with E-state index in [9.17, 15) is 4.39 Å². The molecule has 2 atom stereocenters. The van der Waals surface area contributed by atoms with E-state index in [0.29, 0.717) is 5.02 Å². The predicted molar refractivity (Wildman–Crippen MR) is 97.1 cm³/mol. The van der Waals surface area contributed by atoms with Crippen LogP contribution in [-0.2, 0) is 0 Å². The van der Waals surface area contributed by atoms with E-state index < -0.39 is 11.9 Å². The van der Waals surface area contributed by atoms with Crippen molar-refractivity contribution in [2.45, 2.75) is 32.7 Å². The normalized spacial score (nSPS) is 20.8. The maximum absolute atomic E-state index is 13.5. The smallest absolute Gasteiger partial charge is 0.272 e. The molecule has 3 rings (SSSR count). The van der Waals surface area contributed by atoms with Gasteiger partial charge < -0.3 is 4.85 Å². The van der Waals surface area contributed by atoms with Crippen molar-refractivity contribution in [1.82, 2.24) is 4.98 Å². The number of halogens is 2. The van der Waals surface area contributed by atoms with Crippen LogP contribution in [0.2, 0.25) is 5.02 Å². The molecule has 0 bridgehead atoms. The van der Waals surface area contributed by atoms with Crippen LogP contribution in [0.5, 0.6) is 0 Å². The Morgan fingerprint density at radius 1 is 1.29 bits per heavy atom. The van der Waals surface area contributed by atoms with Crippen molar-refractivity contribution >= 4 is 34.2 Å². The molecule has 1 aromatic carbocycles. The third kappa shape index (κ3) is 2.88. The van der Waals surface area contributed by atoms with Crippen LogP contribution in [0.15, 0.2) is 34.3 Å². The number of nitrogens with zero attached hydrogens (tertiary/aromatic N) is 3. The number of thiazole rings is 1. The highest BCUT2D eigenvalue weighted by Crippen LogP contribution is 2.45. The van der Waals surface area contributed by atoms with Gasteiger partial charge in [-0.15, -0.1) is 11.3 Å². The molecule has 0 N–H and O–H groups in total. The standard InChI is InChI=1S/C18H15ClFN3S/c1-9-8-24-18(22-9)15-10(2)23-11(3)17(21-4)16(15)13-6-5-12(20)7-14(13)19/h5-8,16-17H,1-3H3. The predicted octanol–water partition coefficient (Wildman–Crippen LogP) is 5.52. The van der Waals surface area contributed by atoms with Crippen molar-refractivity contribution < 1.29 is 4.39 Å². The maximum Gasteiger partial charge on any atom is 0.272 e. The fourth-order valence-electron chi connectivity index (χ4n) is 3.03. The van der Waals surface area contributed by atoms with Crippen LogP contribution in [0.3, 0.4) is 0 Å². The summed E-state index contributed by atoms with van der Waals surface area (Å²) in [5.74, 6) is -0.699. The summed E-state index contributed by atoms with van der Waals surface area (Å²) in [6, 6.07) is 3.85. The van der Waals surface area contributed by atoms with Crippen molar-refractivity contribution in [3.63, 3.8) is 0 Å². The van der Waals surface area contributed by atoms with Crippen LogP contribution >= 0.6 is 22.9 Å². The van der Waals surface area contributed by atoms with Gasteiger partial charge in [0, 0.05) is 27.4 Å². The molecule has 0 amide bonds. The SMILES string of the molecule is [C-]#[N+]C1C(C)=NC(C)=C(c2nc(C)cs2)C1c1ccc(F)cc1Cl. The molecule has 24 heavy (non-hydrogen) atoms. The Bertz CT molecular complexity index is 907. The van der Waals surface area contributed by atoms with Gasteiger partial charge in [-0.3, -0.25) is 4.99 Å². The maximum atomic E-state index is 13.5. The number of aryl methyl sites for hydroxylation is 1. The number of rotatable bonds is 2. The summed E-state index contributed by atoms with van der Waals surface area (Å²) in [6.45, 7) is 13.3. The molecule has 1 aliphatic heterocycles. The molecule has 2 unspecified atom stereocenters. The van der Waals surface area contributed by atoms with E-state index >= 15 is 0 Å². The Morgan fingerprint density at radius 3 is 2.62 bits per heavy atom. The van der Waals surface area contributed by atoms with Gasteiger partial charge in [-0.2, -0.15) is 0 Å². The van der Waals surface area contributed by atoms with E-state index in [1.54, 1.807) is 6.07 Å². The Morgan fingerprint density at radius 2 is 2.04 bits per heavy atom. The van der Waals surface area contributed by atoms with E-state index in [2.05, 4.69) is 14.8 Å². The highest BCUT2D eigenvalue weighted by Gasteiger charge is 2.40. The first kappa shape index (κ1) is 16.8. The van der Waals surface area contributed by atoms with Crippen LogP contribution < -0.4 is 0 Å². The van der Waals surface area contributed by atoms with Gasteiger partial charge in [0.15, 0.2) is 0 Å². The zero-order valence-electron chi connectivity index (χ0n) is 13.5. The van der Waals surface area contributed by atoms with E-state index in [1.807, 2.05) is 26.2 Å². The molecule has 0 saturated heterocycles. The molecular formula is C18H15ClFN3S. The highest BCUT2D eigenvalue weighted by atomic mass is 35.5. The van der Waals surface area contributed by atoms with Crippen LogP contribution in [0.1, 0.15) is 36.0 Å². The summed E-state index contributed by atoms with van der Waals surface area (Å²) in [5.41, 5.74) is 4.12. The van der Waals surface area contributed by atoms with E-state index in [-0.39, 0.29) is 5.92 Å². The summed E-state index contributed by atoms with van der Waals surface area (Å²) in [5, 5.41) is 3.12. The van der Waals surface area contributed by atoms with Gasteiger partial charge in [0.05, 0.1) is 11.6 Å². The molecule has 0 saturated carbocycles. The van der Waals surface area contributed by atoms with E-state index in [1.165, 1.54) is 23.5 Å². The molecule has 2 heterocycles. The summed E-state index contributed by atoms with van der Waals surface area (Å²) < 4.78 is 13.5. The highest BCUT2D eigenvalue weighted by molar-refractivity contribution is 7.10. The van der Waals surface area contributed by atoms with Gasteiger partial charge in [0.25, 0.3) is 6.04 Å². The second-order valence-corrected chi connectivity index (χ2v) is 7.03. The number of hydrogen-bond donors (Lipinski definition) is 0. The van der Waals surface area contributed by atoms with Gasteiger partial charge >= 0.3 is 0 Å². The largest absolute Gasteiger partial charge is 0.306 e. The molecule has 0 radical (unpaired) electrons. The van der Waals surface area contributed by atoms with E-state index in [0.717, 1.165) is 33.2 Å². The zero-order chi connectivity index (χ0) is 17.4. The Hall–Kier alpha value is -2.03.